The number of likely N-dealkylation sites (tertiary alicyclic amines) is 1. The summed E-state index contributed by atoms with van der Waals surface area (Å²) in [7, 11) is 0. The average Bonchev–Trinajstić information content (AvgIpc) is 3.09. The van der Waals surface area contributed by atoms with E-state index in [0.717, 1.165) is 25.9 Å². The molecule has 2 fully saturated rings. The molecule has 2 rings (SSSR count). The minimum absolute atomic E-state index is 0.0185. The van der Waals surface area contributed by atoms with E-state index >= 15 is 0 Å². The van der Waals surface area contributed by atoms with E-state index in [4.69, 9.17) is 5.11 Å². The molecule has 5 nitrogen and oxygen atoms in total. The molecule has 19 heavy (non-hydrogen) atoms. The molecule has 0 aromatic rings. The molecule has 1 aliphatic heterocycles. The largest absolute Gasteiger partial charge is 0.480 e. The van der Waals surface area contributed by atoms with Crippen molar-refractivity contribution in [2.24, 2.45) is 11.8 Å². The molecule has 108 valence electrons. The molecular weight excluding hydrogens is 244 g/mol. The lowest BCUT2D eigenvalue weighted by atomic mass is 9.92. The average molecular weight is 268 g/mol. The number of rotatable bonds is 5. The van der Waals surface area contributed by atoms with Gasteiger partial charge in [-0.25, -0.2) is 0 Å². The molecule has 0 aromatic carbocycles. The van der Waals surface area contributed by atoms with Gasteiger partial charge in [0.1, 0.15) is 0 Å². The fraction of sp³-hybridized carbons (Fsp3) is 0.857. The maximum atomic E-state index is 12.3. The van der Waals surface area contributed by atoms with Gasteiger partial charge in [0.05, 0.1) is 13.1 Å². The van der Waals surface area contributed by atoms with Crippen molar-refractivity contribution in [3.8, 4) is 0 Å². The monoisotopic (exact) mass is 268 g/mol. The molecule has 0 spiro atoms. The Morgan fingerprint density at radius 2 is 1.74 bits per heavy atom. The van der Waals surface area contributed by atoms with Crippen LogP contribution in [0, 0.1) is 11.8 Å². The summed E-state index contributed by atoms with van der Waals surface area (Å²) in [6.07, 6.45) is 3.21. The van der Waals surface area contributed by atoms with Gasteiger partial charge in [-0.2, -0.15) is 0 Å². The van der Waals surface area contributed by atoms with Gasteiger partial charge in [0, 0.05) is 19.1 Å². The molecule has 0 radical (unpaired) electrons. The molecule has 1 aliphatic carbocycles. The van der Waals surface area contributed by atoms with Gasteiger partial charge in [-0.15, -0.1) is 0 Å². The Morgan fingerprint density at radius 3 is 2.21 bits per heavy atom. The zero-order valence-electron chi connectivity index (χ0n) is 11.8. The normalized spacial score (nSPS) is 27.6. The lowest BCUT2D eigenvalue weighted by molar-refractivity contribution is -0.140. The second-order valence-electron chi connectivity index (χ2n) is 6.27. The highest BCUT2D eigenvalue weighted by molar-refractivity contribution is 5.79. The van der Waals surface area contributed by atoms with Crippen LogP contribution in [0.15, 0.2) is 0 Å². The predicted molar refractivity (Wildman–Crippen MR) is 71.8 cm³/mol. The van der Waals surface area contributed by atoms with Gasteiger partial charge >= 0.3 is 5.97 Å². The van der Waals surface area contributed by atoms with E-state index in [-0.39, 0.29) is 19.0 Å². The van der Waals surface area contributed by atoms with Crippen molar-refractivity contribution in [1.29, 1.82) is 0 Å². The van der Waals surface area contributed by atoms with Crippen molar-refractivity contribution in [3.05, 3.63) is 0 Å². The van der Waals surface area contributed by atoms with Crippen molar-refractivity contribution in [3.63, 3.8) is 0 Å². The standard InChI is InChI=1S/C14H24N2O3/c1-10-5-11(2)7-16(6-10)13(17)8-15(9-14(18)19)12-3-4-12/h10-12H,3-9H2,1-2H3,(H,18,19). The van der Waals surface area contributed by atoms with Crippen molar-refractivity contribution >= 4 is 11.9 Å². The van der Waals surface area contributed by atoms with Gasteiger partial charge in [-0.1, -0.05) is 13.8 Å². The van der Waals surface area contributed by atoms with E-state index in [0.29, 0.717) is 17.9 Å². The van der Waals surface area contributed by atoms with Crippen LogP contribution in [0.4, 0.5) is 0 Å². The third-order valence-corrected chi connectivity index (χ3v) is 3.96. The summed E-state index contributed by atoms with van der Waals surface area (Å²) >= 11 is 0. The topological polar surface area (TPSA) is 60.9 Å². The van der Waals surface area contributed by atoms with Gasteiger partial charge in [0.2, 0.25) is 5.91 Å². The molecule has 2 aliphatic rings. The Labute approximate surface area is 114 Å². The first-order valence-electron chi connectivity index (χ1n) is 7.19. The first-order valence-corrected chi connectivity index (χ1v) is 7.19. The number of hydrogen-bond donors (Lipinski definition) is 1. The Balaban J connectivity index is 1.89. The maximum Gasteiger partial charge on any atom is 0.317 e. The molecule has 1 saturated heterocycles. The zero-order valence-corrected chi connectivity index (χ0v) is 11.8. The number of carbonyl (C=O) groups is 2. The minimum atomic E-state index is -0.847. The Morgan fingerprint density at radius 1 is 1.16 bits per heavy atom. The summed E-state index contributed by atoms with van der Waals surface area (Å²) in [5.74, 6) is 0.328. The van der Waals surface area contributed by atoms with E-state index in [1.807, 2.05) is 9.80 Å². The number of piperidine rings is 1. The molecule has 0 aromatic heterocycles. The van der Waals surface area contributed by atoms with Crippen molar-refractivity contribution < 1.29 is 14.7 Å². The SMILES string of the molecule is CC1CC(C)CN(C(=O)CN(CC(=O)O)C2CC2)C1. The van der Waals surface area contributed by atoms with Crippen LogP contribution in [0.25, 0.3) is 0 Å². The highest BCUT2D eigenvalue weighted by Crippen LogP contribution is 2.27. The van der Waals surface area contributed by atoms with E-state index in [2.05, 4.69) is 13.8 Å². The van der Waals surface area contributed by atoms with Gasteiger partial charge in [0.25, 0.3) is 0 Å². The van der Waals surface area contributed by atoms with Crippen LogP contribution < -0.4 is 0 Å². The number of hydrogen-bond acceptors (Lipinski definition) is 3. The van der Waals surface area contributed by atoms with Crippen LogP contribution in [0.1, 0.15) is 33.1 Å². The van der Waals surface area contributed by atoms with Crippen LogP contribution in [-0.4, -0.2) is 59.0 Å². The molecule has 1 heterocycles. The molecular formula is C14H24N2O3. The molecule has 0 bridgehead atoms. The van der Waals surface area contributed by atoms with Gasteiger partial charge in [-0.05, 0) is 31.1 Å². The van der Waals surface area contributed by atoms with Crippen LogP contribution in [0.5, 0.6) is 0 Å². The fourth-order valence-corrected chi connectivity index (χ4v) is 3.07. The summed E-state index contributed by atoms with van der Waals surface area (Å²) in [5.41, 5.74) is 0. The minimum Gasteiger partial charge on any atom is -0.480 e. The Hall–Kier alpha value is -1.10. The lowest BCUT2D eigenvalue weighted by Gasteiger charge is -2.36. The second-order valence-corrected chi connectivity index (χ2v) is 6.27. The molecule has 5 heteroatoms. The molecule has 1 saturated carbocycles. The lowest BCUT2D eigenvalue weighted by Crippen LogP contribution is -2.48. The Bertz CT molecular complexity index is 345. The molecule has 2 unspecified atom stereocenters. The highest BCUT2D eigenvalue weighted by atomic mass is 16.4. The van der Waals surface area contributed by atoms with Crippen LogP contribution in [0.2, 0.25) is 0 Å². The van der Waals surface area contributed by atoms with Crippen LogP contribution >= 0.6 is 0 Å². The van der Waals surface area contributed by atoms with E-state index < -0.39 is 5.97 Å². The van der Waals surface area contributed by atoms with Crippen LogP contribution in [-0.2, 0) is 9.59 Å². The smallest absolute Gasteiger partial charge is 0.317 e. The van der Waals surface area contributed by atoms with Gasteiger partial charge < -0.3 is 10.0 Å². The Kier molecular flexibility index (Phi) is 4.45. The summed E-state index contributed by atoms with van der Waals surface area (Å²) in [4.78, 5) is 26.9. The third kappa shape index (κ3) is 4.20. The van der Waals surface area contributed by atoms with Crippen molar-refractivity contribution in [2.45, 2.75) is 39.2 Å². The first-order chi connectivity index (χ1) is 8.95. The molecule has 1 N–H and O–H groups in total. The summed E-state index contributed by atoms with van der Waals surface area (Å²) in [5, 5.41) is 8.90. The number of carboxylic acid groups (broad SMARTS) is 1. The first kappa shape index (κ1) is 14.3. The van der Waals surface area contributed by atoms with Gasteiger partial charge in [-0.3, -0.25) is 14.5 Å². The fourth-order valence-electron chi connectivity index (χ4n) is 3.07. The number of carboxylic acids is 1. The summed E-state index contributed by atoms with van der Waals surface area (Å²) in [6, 6.07) is 0.305. The zero-order chi connectivity index (χ0) is 14.0. The summed E-state index contributed by atoms with van der Waals surface area (Å²) in [6.45, 7) is 6.22. The quantitative estimate of drug-likeness (QED) is 0.809. The predicted octanol–water partition coefficient (Wildman–Crippen LogP) is 1.04. The molecule has 1 amide bonds. The maximum absolute atomic E-state index is 12.3. The number of amides is 1. The third-order valence-electron chi connectivity index (χ3n) is 3.96. The number of carbonyl (C=O) groups excluding carboxylic acids is 1. The van der Waals surface area contributed by atoms with E-state index in [1.54, 1.807) is 0 Å². The molecule has 2 atom stereocenters. The number of aliphatic carboxylic acids is 1. The van der Waals surface area contributed by atoms with Crippen LogP contribution in [0.3, 0.4) is 0 Å². The highest BCUT2D eigenvalue weighted by Gasteiger charge is 2.33. The second kappa shape index (κ2) is 5.90. The van der Waals surface area contributed by atoms with E-state index in [1.165, 1.54) is 6.42 Å². The van der Waals surface area contributed by atoms with Crippen molar-refractivity contribution in [1.82, 2.24) is 9.80 Å². The van der Waals surface area contributed by atoms with Gasteiger partial charge in [0.15, 0.2) is 0 Å². The number of nitrogens with zero attached hydrogens (tertiary/aromatic N) is 2. The summed E-state index contributed by atoms with van der Waals surface area (Å²) < 4.78 is 0. The van der Waals surface area contributed by atoms with Crippen molar-refractivity contribution in [2.75, 3.05) is 26.2 Å². The van der Waals surface area contributed by atoms with E-state index in [9.17, 15) is 9.59 Å².